The first-order valence-corrected chi connectivity index (χ1v) is 7.96. The van der Waals surface area contributed by atoms with Crippen molar-refractivity contribution in [2.75, 3.05) is 18.0 Å². The zero-order valence-electron chi connectivity index (χ0n) is 13.8. The standard InChI is InChI=1S/C15H22N6O2/c1-4-12-14(21(22)23)15(19(3)17-12)20-9-6-11(7-10-20)13-5-8-16-18(13)2/h5,8,11H,4,6-7,9-10H2,1-3H3. The molecule has 23 heavy (non-hydrogen) atoms. The number of nitro groups is 1. The predicted molar refractivity (Wildman–Crippen MR) is 86.6 cm³/mol. The summed E-state index contributed by atoms with van der Waals surface area (Å²) in [6.45, 7) is 3.48. The quantitative estimate of drug-likeness (QED) is 0.636. The summed E-state index contributed by atoms with van der Waals surface area (Å²) in [5.41, 5.74) is 1.95. The van der Waals surface area contributed by atoms with Crippen LogP contribution in [0.2, 0.25) is 0 Å². The van der Waals surface area contributed by atoms with Crippen molar-refractivity contribution in [3.8, 4) is 0 Å². The fourth-order valence-electron chi connectivity index (χ4n) is 3.51. The van der Waals surface area contributed by atoms with E-state index in [2.05, 4.69) is 21.2 Å². The summed E-state index contributed by atoms with van der Waals surface area (Å²) in [5.74, 6) is 1.09. The van der Waals surface area contributed by atoms with E-state index in [9.17, 15) is 10.1 Å². The third-order valence-electron chi connectivity index (χ3n) is 4.65. The molecule has 0 atom stereocenters. The van der Waals surface area contributed by atoms with Crippen LogP contribution in [0.1, 0.15) is 37.1 Å². The Morgan fingerprint density at radius 2 is 2.00 bits per heavy atom. The molecular formula is C15H22N6O2. The number of piperidine rings is 1. The maximum atomic E-state index is 11.5. The Bertz CT molecular complexity index is 712. The molecule has 1 fully saturated rings. The number of aromatic nitrogens is 4. The van der Waals surface area contributed by atoms with Crippen molar-refractivity contribution < 1.29 is 4.92 Å². The fraction of sp³-hybridized carbons (Fsp3) is 0.600. The highest BCUT2D eigenvalue weighted by atomic mass is 16.6. The van der Waals surface area contributed by atoms with Crippen LogP contribution >= 0.6 is 0 Å². The lowest BCUT2D eigenvalue weighted by Crippen LogP contribution is -2.35. The molecule has 124 valence electrons. The highest BCUT2D eigenvalue weighted by Crippen LogP contribution is 2.36. The van der Waals surface area contributed by atoms with Crippen LogP contribution in [-0.4, -0.2) is 37.6 Å². The Kier molecular flexibility index (Phi) is 4.06. The molecule has 1 aliphatic rings. The van der Waals surface area contributed by atoms with Crippen LogP contribution in [0.25, 0.3) is 0 Å². The van der Waals surface area contributed by atoms with Gasteiger partial charge in [-0.1, -0.05) is 6.92 Å². The van der Waals surface area contributed by atoms with Crippen molar-refractivity contribution in [1.82, 2.24) is 19.6 Å². The summed E-state index contributed by atoms with van der Waals surface area (Å²) in [5, 5.41) is 20.0. The van der Waals surface area contributed by atoms with Crippen molar-refractivity contribution in [2.24, 2.45) is 14.1 Å². The number of hydrogen-bond donors (Lipinski definition) is 0. The number of anilines is 1. The molecule has 3 rings (SSSR count). The highest BCUT2D eigenvalue weighted by Gasteiger charge is 2.32. The summed E-state index contributed by atoms with van der Waals surface area (Å²) in [6.07, 6.45) is 4.31. The second-order valence-electron chi connectivity index (χ2n) is 5.99. The van der Waals surface area contributed by atoms with Gasteiger partial charge in [-0.25, -0.2) is 4.68 Å². The first-order chi connectivity index (χ1) is 11.0. The second kappa shape index (κ2) is 6.02. The molecule has 1 aliphatic heterocycles. The van der Waals surface area contributed by atoms with Gasteiger partial charge in [0.25, 0.3) is 0 Å². The zero-order chi connectivity index (χ0) is 16.6. The Labute approximate surface area is 134 Å². The molecule has 1 saturated heterocycles. The van der Waals surface area contributed by atoms with E-state index in [1.165, 1.54) is 5.69 Å². The van der Waals surface area contributed by atoms with E-state index in [-0.39, 0.29) is 10.6 Å². The number of rotatable bonds is 4. The lowest BCUT2D eigenvalue weighted by Gasteiger charge is -2.32. The normalized spacial score (nSPS) is 16.0. The van der Waals surface area contributed by atoms with Gasteiger partial charge in [0.15, 0.2) is 0 Å². The van der Waals surface area contributed by atoms with Crippen LogP contribution in [0.15, 0.2) is 12.3 Å². The number of nitrogens with zero attached hydrogens (tertiary/aromatic N) is 6. The van der Waals surface area contributed by atoms with Gasteiger partial charge >= 0.3 is 5.69 Å². The molecule has 0 radical (unpaired) electrons. The average Bonchev–Trinajstić information content (AvgIpc) is 3.10. The Hall–Kier alpha value is -2.38. The number of aryl methyl sites for hydroxylation is 3. The summed E-state index contributed by atoms with van der Waals surface area (Å²) in [7, 11) is 3.75. The fourth-order valence-corrected chi connectivity index (χ4v) is 3.51. The van der Waals surface area contributed by atoms with E-state index in [1.807, 2.05) is 24.9 Å². The molecule has 8 nitrogen and oxygen atoms in total. The van der Waals surface area contributed by atoms with Crippen LogP contribution in [0.4, 0.5) is 11.5 Å². The maximum Gasteiger partial charge on any atom is 0.334 e. The van der Waals surface area contributed by atoms with Crippen molar-refractivity contribution >= 4 is 11.5 Å². The van der Waals surface area contributed by atoms with E-state index >= 15 is 0 Å². The first-order valence-electron chi connectivity index (χ1n) is 7.96. The topological polar surface area (TPSA) is 82.0 Å². The van der Waals surface area contributed by atoms with E-state index in [1.54, 1.807) is 11.7 Å². The van der Waals surface area contributed by atoms with E-state index in [0.717, 1.165) is 25.9 Å². The molecule has 0 N–H and O–H groups in total. The van der Waals surface area contributed by atoms with Crippen LogP contribution < -0.4 is 4.90 Å². The monoisotopic (exact) mass is 318 g/mol. The molecule has 0 aromatic carbocycles. The van der Waals surface area contributed by atoms with Crippen LogP contribution in [0.3, 0.4) is 0 Å². The minimum atomic E-state index is -0.297. The van der Waals surface area contributed by atoms with Crippen molar-refractivity contribution in [1.29, 1.82) is 0 Å². The Morgan fingerprint density at radius 1 is 1.30 bits per heavy atom. The largest absolute Gasteiger partial charge is 0.351 e. The van der Waals surface area contributed by atoms with E-state index in [0.29, 0.717) is 23.9 Å². The third kappa shape index (κ3) is 2.69. The van der Waals surface area contributed by atoms with E-state index in [4.69, 9.17) is 0 Å². The Balaban J connectivity index is 1.82. The van der Waals surface area contributed by atoms with Gasteiger partial charge in [-0.3, -0.25) is 14.8 Å². The van der Waals surface area contributed by atoms with Gasteiger partial charge in [-0.05, 0) is 25.3 Å². The summed E-state index contributed by atoms with van der Waals surface area (Å²) in [4.78, 5) is 13.3. The second-order valence-corrected chi connectivity index (χ2v) is 5.99. The van der Waals surface area contributed by atoms with Crippen LogP contribution in [0.5, 0.6) is 0 Å². The van der Waals surface area contributed by atoms with Gasteiger partial charge in [-0.15, -0.1) is 0 Å². The van der Waals surface area contributed by atoms with Crippen molar-refractivity contribution in [3.63, 3.8) is 0 Å². The predicted octanol–water partition coefficient (Wildman–Crippen LogP) is 2.01. The summed E-state index contributed by atoms with van der Waals surface area (Å²) >= 11 is 0. The van der Waals surface area contributed by atoms with Crippen LogP contribution in [0, 0.1) is 10.1 Å². The SMILES string of the molecule is CCc1nn(C)c(N2CCC(c3ccnn3C)CC2)c1[N+](=O)[O-]. The first kappa shape index (κ1) is 15.5. The molecule has 8 heteroatoms. The third-order valence-corrected chi connectivity index (χ3v) is 4.65. The van der Waals surface area contributed by atoms with Crippen LogP contribution in [-0.2, 0) is 20.5 Å². The van der Waals surface area contributed by atoms with Gasteiger partial charge in [0.2, 0.25) is 5.82 Å². The molecule has 0 spiro atoms. The average molecular weight is 318 g/mol. The molecule has 0 unspecified atom stereocenters. The minimum absolute atomic E-state index is 0.161. The lowest BCUT2D eigenvalue weighted by atomic mass is 9.93. The highest BCUT2D eigenvalue weighted by molar-refractivity contribution is 5.62. The van der Waals surface area contributed by atoms with Gasteiger partial charge in [-0.2, -0.15) is 10.2 Å². The lowest BCUT2D eigenvalue weighted by molar-refractivity contribution is -0.384. The van der Waals surface area contributed by atoms with Gasteiger partial charge in [0.05, 0.1) is 4.92 Å². The maximum absolute atomic E-state index is 11.5. The van der Waals surface area contributed by atoms with Crippen molar-refractivity contribution in [3.05, 3.63) is 33.8 Å². The summed E-state index contributed by atoms with van der Waals surface area (Å²) in [6, 6.07) is 2.06. The Morgan fingerprint density at radius 3 is 2.52 bits per heavy atom. The molecule has 0 saturated carbocycles. The molecule has 0 bridgehead atoms. The van der Waals surface area contributed by atoms with Gasteiger partial charge in [0.1, 0.15) is 5.69 Å². The smallest absolute Gasteiger partial charge is 0.334 e. The number of hydrogen-bond acceptors (Lipinski definition) is 5. The van der Waals surface area contributed by atoms with E-state index < -0.39 is 0 Å². The minimum Gasteiger partial charge on any atom is -0.351 e. The van der Waals surface area contributed by atoms with Crippen molar-refractivity contribution in [2.45, 2.75) is 32.1 Å². The summed E-state index contributed by atoms with van der Waals surface area (Å²) < 4.78 is 3.57. The molecule has 0 amide bonds. The molecule has 0 aliphatic carbocycles. The molecular weight excluding hydrogens is 296 g/mol. The van der Waals surface area contributed by atoms with Gasteiger partial charge in [0, 0.05) is 45.0 Å². The van der Waals surface area contributed by atoms with Gasteiger partial charge < -0.3 is 4.90 Å². The molecule has 3 heterocycles. The molecule has 2 aromatic rings. The zero-order valence-corrected chi connectivity index (χ0v) is 13.8. The molecule has 2 aromatic heterocycles.